The minimum atomic E-state index is -0.765. The highest BCUT2D eigenvalue weighted by Crippen LogP contribution is 2.25. The molecule has 0 radical (unpaired) electrons. The van der Waals surface area contributed by atoms with Gasteiger partial charge < -0.3 is 9.84 Å². The Hall–Kier alpha value is -1.96. The van der Waals surface area contributed by atoms with E-state index in [1.54, 1.807) is 19.1 Å². The normalized spacial score (nSPS) is 23.8. The van der Waals surface area contributed by atoms with E-state index in [0.717, 1.165) is 18.0 Å². The highest BCUT2D eigenvalue weighted by atomic mass is 16.5. The van der Waals surface area contributed by atoms with E-state index in [1.807, 2.05) is 18.2 Å². The minimum Gasteiger partial charge on any atom is -0.390 e. The number of carbonyl (C=O) groups excluding carboxylic acids is 2. The fourth-order valence-electron chi connectivity index (χ4n) is 3.17. The second-order valence-corrected chi connectivity index (χ2v) is 6.18. The number of aliphatic hydroxyl groups excluding tert-OH is 1. The number of urea groups is 1. The van der Waals surface area contributed by atoms with Crippen LogP contribution in [-0.4, -0.2) is 78.4 Å². The van der Waals surface area contributed by atoms with Crippen LogP contribution in [0.15, 0.2) is 30.3 Å². The lowest BCUT2D eigenvalue weighted by atomic mass is 10.2. The lowest BCUT2D eigenvalue weighted by molar-refractivity contribution is -0.128. The van der Waals surface area contributed by atoms with Gasteiger partial charge in [0.2, 0.25) is 0 Å². The largest absolute Gasteiger partial charge is 0.390 e. The first-order valence-corrected chi connectivity index (χ1v) is 8.25. The first-order valence-electron chi connectivity index (χ1n) is 8.25. The van der Waals surface area contributed by atoms with Crippen molar-refractivity contribution in [3.8, 4) is 0 Å². The SMILES string of the molecule is C[C@@H]1C(=O)N(C[C@H](O)CN2CCOCC2)C(=O)N1c1ccccc1. The molecule has 3 amide bonds. The van der Waals surface area contributed by atoms with E-state index in [1.165, 1.54) is 4.90 Å². The number of para-hydroxylation sites is 1. The fourth-order valence-corrected chi connectivity index (χ4v) is 3.17. The average Bonchev–Trinajstić information content (AvgIpc) is 2.80. The summed E-state index contributed by atoms with van der Waals surface area (Å²) >= 11 is 0. The number of carbonyl (C=O) groups is 2. The zero-order valence-corrected chi connectivity index (χ0v) is 13.8. The lowest BCUT2D eigenvalue weighted by Gasteiger charge is -2.29. The Morgan fingerprint density at radius 3 is 2.50 bits per heavy atom. The summed E-state index contributed by atoms with van der Waals surface area (Å²) in [5.41, 5.74) is 0.688. The third-order valence-corrected chi connectivity index (χ3v) is 4.45. The van der Waals surface area contributed by atoms with Crippen molar-refractivity contribution in [2.45, 2.75) is 19.1 Å². The molecular weight excluding hydrogens is 310 g/mol. The Morgan fingerprint density at radius 1 is 1.17 bits per heavy atom. The maximum absolute atomic E-state index is 12.6. The van der Waals surface area contributed by atoms with Crippen LogP contribution in [0.5, 0.6) is 0 Å². The number of amides is 3. The van der Waals surface area contributed by atoms with Crippen LogP contribution in [0, 0.1) is 0 Å². The summed E-state index contributed by atoms with van der Waals surface area (Å²) in [5.74, 6) is -0.273. The van der Waals surface area contributed by atoms with E-state index in [9.17, 15) is 14.7 Å². The molecule has 1 aromatic carbocycles. The van der Waals surface area contributed by atoms with Gasteiger partial charge in [0.15, 0.2) is 0 Å². The molecule has 2 heterocycles. The van der Waals surface area contributed by atoms with Gasteiger partial charge in [-0.25, -0.2) is 4.79 Å². The summed E-state index contributed by atoms with van der Waals surface area (Å²) in [7, 11) is 0. The van der Waals surface area contributed by atoms with Gasteiger partial charge in [0.05, 0.1) is 25.9 Å². The van der Waals surface area contributed by atoms with Gasteiger partial charge in [-0.3, -0.25) is 19.5 Å². The molecule has 7 heteroatoms. The average molecular weight is 333 g/mol. The van der Waals surface area contributed by atoms with Crippen molar-refractivity contribution in [3.05, 3.63) is 30.3 Å². The number of β-amino-alcohol motifs (C(OH)–C–C–N with tert-alkyl or cyclic N) is 1. The van der Waals surface area contributed by atoms with Crippen molar-refractivity contribution in [2.75, 3.05) is 44.3 Å². The molecule has 2 atom stereocenters. The van der Waals surface area contributed by atoms with Crippen molar-refractivity contribution in [1.29, 1.82) is 0 Å². The molecule has 24 heavy (non-hydrogen) atoms. The monoisotopic (exact) mass is 333 g/mol. The van der Waals surface area contributed by atoms with Gasteiger partial charge in [-0.2, -0.15) is 0 Å². The van der Waals surface area contributed by atoms with E-state index < -0.39 is 12.1 Å². The van der Waals surface area contributed by atoms with Gasteiger partial charge in [0.25, 0.3) is 5.91 Å². The first kappa shape index (κ1) is 16.9. The van der Waals surface area contributed by atoms with Crippen LogP contribution in [0.1, 0.15) is 6.92 Å². The zero-order chi connectivity index (χ0) is 17.1. The van der Waals surface area contributed by atoms with Crippen LogP contribution in [0.4, 0.5) is 10.5 Å². The maximum Gasteiger partial charge on any atom is 0.332 e. The van der Waals surface area contributed by atoms with Gasteiger partial charge in [-0.05, 0) is 19.1 Å². The number of hydrogen-bond donors (Lipinski definition) is 1. The Kier molecular flexibility index (Phi) is 5.13. The van der Waals surface area contributed by atoms with Crippen LogP contribution in [0.3, 0.4) is 0 Å². The van der Waals surface area contributed by atoms with Gasteiger partial charge in [0.1, 0.15) is 6.04 Å². The number of benzene rings is 1. The molecule has 1 aromatic rings. The molecule has 2 fully saturated rings. The molecule has 0 saturated carbocycles. The second-order valence-electron chi connectivity index (χ2n) is 6.18. The molecule has 7 nitrogen and oxygen atoms in total. The van der Waals surface area contributed by atoms with Gasteiger partial charge >= 0.3 is 6.03 Å². The Labute approximate surface area is 141 Å². The van der Waals surface area contributed by atoms with Crippen molar-refractivity contribution >= 4 is 17.6 Å². The van der Waals surface area contributed by atoms with E-state index in [0.29, 0.717) is 25.4 Å². The standard InChI is InChI=1S/C17H23N3O4/c1-13-16(22)19(12-15(21)11-18-7-9-24-10-8-18)17(23)20(13)14-5-3-2-4-6-14/h2-6,13,15,21H,7-12H2,1H3/t13-,15-/m1/s1. The van der Waals surface area contributed by atoms with Crippen molar-refractivity contribution in [3.63, 3.8) is 0 Å². The van der Waals surface area contributed by atoms with Crippen molar-refractivity contribution < 1.29 is 19.4 Å². The molecule has 0 spiro atoms. The highest BCUT2D eigenvalue weighted by Gasteiger charge is 2.43. The summed E-state index contributed by atoms with van der Waals surface area (Å²) in [5, 5.41) is 10.3. The maximum atomic E-state index is 12.6. The van der Waals surface area contributed by atoms with Crippen molar-refractivity contribution in [1.82, 2.24) is 9.80 Å². The Bertz CT molecular complexity index is 589. The topological polar surface area (TPSA) is 73.3 Å². The summed E-state index contributed by atoms with van der Waals surface area (Å²) in [6, 6.07) is 8.19. The lowest BCUT2D eigenvalue weighted by Crippen LogP contribution is -2.46. The first-order chi connectivity index (χ1) is 11.6. The molecule has 130 valence electrons. The summed E-state index contributed by atoms with van der Waals surface area (Å²) in [4.78, 5) is 29.8. The third kappa shape index (κ3) is 3.43. The molecule has 0 aliphatic carbocycles. The quantitative estimate of drug-likeness (QED) is 0.796. The molecule has 0 unspecified atom stereocenters. The number of imide groups is 1. The van der Waals surface area contributed by atoms with E-state index >= 15 is 0 Å². The number of ether oxygens (including phenoxy) is 1. The summed E-state index contributed by atoms with van der Waals surface area (Å²) in [6.07, 6.45) is -0.765. The zero-order valence-electron chi connectivity index (χ0n) is 13.8. The van der Waals surface area contributed by atoms with Crippen LogP contribution < -0.4 is 4.90 Å². The van der Waals surface area contributed by atoms with Gasteiger partial charge in [-0.15, -0.1) is 0 Å². The minimum absolute atomic E-state index is 0.0166. The number of nitrogens with zero attached hydrogens (tertiary/aromatic N) is 3. The number of anilines is 1. The number of morpholine rings is 1. The van der Waals surface area contributed by atoms with E-state index in [2.05, 4.69) is 4.90 Å². The number of aliphatic hydroxyl groups is 1. The third-order valence-electron chi connectivity index (χ3n) is 4.45. The summed E-state index contributed by atoms with van der Waals surface area (Å²) < 4.78 is 5.28. The molecule has 2 aliphatic rings. The molecule has 0 aromatic heterocycles. The van der Waals surface area contributed by atoms with Crippen LogP contribution in [-0.2, 0) is 9.53 Å². The number of hydrogen-bond acceptors (Lipinski definition) is 5. The van der Waals surface area contributed by atoms with E-state index in [4.69, 9.17) is 4.74 Å². The summed E-state index contributed by atoms with van der Waals surface area (Å²) in [6.45, 7) is 4.96. The molecular formula is C17H23N3O4. The van der Waals surface area contributed by atoms with Crippen molar-refractivity contribution in [2.24, 2.45) is 0 Å². The Balaban J connectivity index is 1.65. The highest BCUT2D eigenvalue weighted by molar-refractivity contribution is 6.14. The predicted octanol–water partition coefficient (Wildman–Crippen LogP) is 0.537. The van der Waals surface area contributed by atoms with E-state index in [-0.39, 0.29) is 18.5 Å². The van der Waals surface area contributed by atoms with Crippen LogP contribution in [0.2, 0.25) is 0 Å². The second kappa shape index (κ2) is 7.29. The number of rotatable bonds is 5. The predicted molar refractivity (Wildman–Crippen MR) is 88.8 cm³/mol. The smallest absolute Gasteiger partial charge is 0.332 e. The van der Waals surface area contributed by atoms with Gasteiger partial charge in [0, 0.05) is 25.3 Å². The van der Waals surface area contributed by atoms with Crippen LogP contribution in [0.25, 0.3) is 0 Å². The fraction of sp³-hybridized carbons (Fsp3) is 0.529. The molecule has 0 bridgehead atoms. The molecule has 2 saturated heterocycles. The van der Waals surface area contributed by atoms with Crippen LogP contribution >= 0.6 is 0 Å². The molecule has 1 N–H and O–H groups in total. The van der Waals surface area contributed by atoms with Gasteiger partial charge in [-0.1, -0.05) is 18.2 Å². The molecule has 2 aliphatic heterocycles. The Morgan fingerprint density at radius 2 is 1.83 bits per heavy atom. The molecule has 3 rings (SSSR count).